The Morgan fingerprint density at radius 3 is 2.13 bits per heavy atom. The van der Waals surface area contributed by atoms with Gasteiger partial charge < -0.3 is 10.2 Å². The molecular weight excluding hydrogens is 192 g/mol. The van der Waals surface area contributed by atoms with Crippen LogP contribution in [0.15, 0.2) is 18.2 Å². The zero-order valence-electron chi connectivity index (χ0n) is 9.19. The molecule has 3 heteroatoms. The molecule has 0 aliphatic carbocycles. The molecular formula is C12H16O3. The zero-order valence-corrected chi connectivity index (χ0v) is 9.19. The van der Waals surface area contributed by atoms with Crippen molar-refractivity contribution in [1.82, 2.24) is 0 Å². The van der Waals surface area contributed by atoms with E-state index in [1.54, 1.807) is 0 Å². The number of benzene rings is 1. The van der Waals surface area contributed by atoms with Gasteiger partial charge in [0.2, 0.25) is 0 Å². The highest BCUT2D eigenvalue weighted by atomic mass is 16.4. The van der Waals surface area contributed by atoms with Gasteiger partial charge in [-0.3, -0.25) is 4.79 Å². The molecule has 0 saturated heterocycles. The first-order valence-corrected chi connectivity index (χ1v) is 4.92. The molecule has 2 N–H and O–H groups in total. The summed E-state index contributed by atoms with van der Waals surface area (Å²) in [5.41, 5.74) is 2.58. The minimum atomic E-state index is -0.981. The first-order valence-electron chi connectivity index (χ1n) is 4.92. The van der Waals surface area contributed by atoms with Crippen LogP contribution in [0.25, 0.3) is 0 Å². The molecule has 15 heavy (non-hydrogen) atoms. The van der Waals surface area contributed by atoms with Crippen molar-refractivity contribution in [3.8, 4) is 0 Å². The van der Waals surface area contributed by atoms with Gasteiger partial charge in [0.1, 0.15) is 0 Å². The van der Waals surface area contributed by atoms with Crippen LogP contribution >= 0.6 is 0 Å². The third-order valence-corrected chi connectivity index (χ3v) is 2.70. The van der Waals surface area contributed by atoms with Gasteiger partial charge in [-0.15, -0.1) is 0 Å². The van der Waals surface area contributed by atoms with E-state index in [1.165, 1.54) is 6.92 Å². The van der Waals surface area contributed by atoms with E-state index < -0.39 is 18.0 Å². The second-order valence-electron chi connectivity index (χ2n) is 3.88. The molecule has 2 unspecified atom stereocenters. The minimum Gasteiger partial charge on any atom is -0.481 e. The molecule has 1 aromatic carbocycles. The van der Waals surface area contributed by atoms with Crippen molar-refractivity contribution in [2.24, 2.45) is 5.92 Å². The fourth-order valence-electron chi connectivity index (χ4n) is 1.68. The average molecular weight is 208 g/mol. The highest BCUT2D eigenvalue weighted by molar-refractivity contribution is 5.70. The van der Waals surface area contributed by atoms with Gasteiger partial charge in [-0.2, -0.15) is 0 Å². The number of carbonyl (C=O) groups is 1. The summed E-state index contributed by atoms with van der Waals surface area (Å²) in [5.74, 6) is -1.77. The van der Waals surface area contributed by atoms with Crippen molar-refractivity contribution in [2.75, 3.05) is 0 Å². The van der Waals surface area contributed by atoms with Gasteiger partial charge in [-0.25, -0.2) is 0 Å². The molecule has 0 aliphatic heterocycles. The summed E-state index contributed by atoms with van der Waals surface area (Å²) in [6, 6.07) is 5.65. The van der Waals surface area contributed by atoms with Gasteiger partial charge >= 0.3 is 5.97 Å². The van der Waals surface area contributed by atoms with Gasteiger partial charge in [-0.05, 0) is 37.5 Å². The summed E-state index contributed by atoms with van der Waals surface area (Å²) in [5, 5.41) is 18.8. The smallest absolute Gasteiger partial charge is 0.309 e. The number of carboxylic acid groups (broad SMARTS) is 1. The largest absolute Gasteiger partial charge is 0.481 e. The average Bonchev–Trinajstić information content (AvgIpc) is 2.15. The van der Waals surface area contributed by atoms with Crippen molar-refractivity contribution in [2.45, 2.75) is 26.9 Å². The highest BCUT2D eigenvalue weighted by Crippen LogP contribution is 2.27. The molecule has 0 fully saturated rings. The van der Waals surface area contributed by atoms with E-state index in [9.17, 15) is 9.90 Å². The molecule has 0 heterocycles. The number of aliphatic hydroxyl groups excluding tert-OH is 1. The number of carboxylic acids is 1. The second kappa shape index (κ2) is 4.45. The quantitative estimate of drug-likeness (QED) is 0.799. The van der Waals surface area contributed by atoms with Gasteiger partial charge in [0.05, 0.1) is 12.0 Å². The number of hydrogen-bond acceptors (Lipinski definition) is 2. The number of aryl methyl sites for hydroxylation is 2. The third kappa shape index (κ3) is 2.36. The number of aliphatic hydroxyl groups is 1. The fraction of sp³-hybridized carbons (Fsp3) is 0.417. The predicted octanol–water partition coefficient (Wildman–Crippen LogP) is 2.06. The van der Waals surface area contributed by atoms with Crippen LogP contribution < -0.4 is 0 Å². The first kappa shape index (κ1) is 11.7. The van der Waals surface area contributed by atoms with E-state index in [1.807, 2.05) is 32.0 Å². The van der Waals surface area contributed by atoms with Gasteiger partial charge in [0.15, 0.2) is 0 Å². The van der Waals surface area contributed by atoms with E-state index in [0.717, 1.165) is 16.7 Å². The Labute approximate surface area is 89.4 Å². The lowest BCUT2D eigenvalue weighted by Gasteiger charge is -2.19. The molecule has 0 saturated carbocycles. The van der Waals surface area contributed by atoms with Crippen molar-refractivity contribution in [3.05, 3.63) is 34.9 Å². The van der Waals surface area contributed by atoms with Crippen LogP contribution in [-0.2, 0) is 4.79 Å². The topological polar surface area (TPSA) is 57.5 Å². The number of rotatable bonds is 3. The summed E-state index contributed by atoms with van der Waals surface area (Å²) in [4.78, 5) is 10.8. The Bertz CT molecular complexity index is 351. The van der Waals surface area contributed by atoms with E-state index in [0.29, 0.717) is 0 Å². The summed E-state index contributed by atoms with van der Waals surface area (Å²) in [7, 11) is 0. The standard InChI is InChI=1S/C12H16O3/c1-7-5-4-6-8(2)10(7)11(13)9(3)12(14)15/h4-6,9,11,13H,1-3H3,(H,14,15). The Morgan fingerprint density at radius 1 is 1.27 bits per heavy atom. The van der Waals surface area contributed by atoms with Crippen molar-refractivity contribution in [3.63, 3.8) is 0 Å². The monoisotopic (exact) mass is 208 g/mol. The lowest BCUT2D eigenvalue weighted by Crippen LogP contribution is -2.20. The number of hydrogen-bond donors (Lipinski definition) is 2. The van der Waals surface area contributed by atoms with E-state index in [2.05, 4.69) is 0 Å². The zero-order chi connectivity index (χ0) is 11.6. The lowest BCUT2D eigenvalue weighted by atomic mass is 9.91. The maximum atomic E-state index is 10.8. The van der Waals surface area contributed by atoms with Crippen LogP contribution in [0.1, 0.15) is 29.7 Å². The van der Waals surface area contributed by atoms with Crippen LogP contribution in [0.5, 0.6) is 0 Å². The van der Waals surface area contributed by atoms with Gasteiger partial charge in [-0.1, -0.05) is 18.2 Å². The molecule has 2 atom stereocenters. The van der Waals surface area contributed by atoms with Crippen LogP contribution in [0.4, 0.5) is 0 Å². The molecule has 0 radical (unpaired) electrons. The van der Waals surface area contributed by atoms with E-state index in [-0.39, 0.29) is 0 Å². The summed E-state index contributed by atoms with van der Waals surface area (Å²) in [6.45, 7) is 5.26. The molecule has 1 rings (SSSR count). The van der Waals surface area contributed by atoms with Crippen LogP contribution in [0, 0.1) is 19.8 Å². The highest BCUT2D eigenvalue weighted by Gasteiger charge is 2.25. The lowest BCUT2D eigenvalue weighted by molar-refractivity contribution is -0.145. The summed E-state index contributed by atoms with van der Waals surface area (Å²) in [6.07, 6.45) is -0.941. The summed E-state index contributed by atoms with van der Waals surface area (Å²) >= 11 is 0. The molecule has 0 bridgehead atoms. The minimum absolute atomic E-state index is 0.729. The van der Waals surface area contributed by atoms with E-state index in [4.69, 9.17) is 5.11 Å². The molecule has 0 amide bonds. The van der Waals surface area contributed by atoms with Crippen molar-refractivity contribution < 1.29 is 15.0 Å². The maximum absolute atomic E-state index is 10.8. The van der Waals surface area contributed by atoms with Crippen LogP contribution in [0.2, 0.25) is 0 Å². The predicted molar refractivity (Wildman–Crippen MR) is 57.7 cm³/mol. The van der Waals surface area contributed by atoms with Gasteiger partial charge in [0, 0.05) is 0 Å². The molecule has 0 aromatic heterocycles. The fourth-order valence-corrected chi connectivity index (χ4v) is 1.68. The number of aliphatic carboxylic acids is 1. The SMILES string of the molecule is Cc1cccc(C)c1C(O)C(C)C(=O)O. The van der Waals surface area contributed by atoms with Crippen molar-refractivity contribution in [1.29, 1.82) is 0 Å². The Balaban J connectivity index is 3.10. The Hall–Kier alpha value is -1.35. The normalized spacial score (nSPS) is 14.7. The molecule has 1 aromatic rings. The van der Waals surface area contributed by atoms with E-state index >= 15 is 0 Å². The maximum Gasteiger partial charge on any atom is 0.309 e. The first-order chi connectivity index (χ1) is 6.95. The molecule has 3 nitrogen and oxygen atoms in total. The molecule has 0 aliphatic rings. The molecule has 0 spiro atoms. The third-order valence-electron chi connectivity index (χ3n) is 2.70. The van der Waals surface area contributed by atoms with Crippen LogP contribution in [0.3, 0.4) is 0 Å². The van der Waals surface area contributed by atoms with Crippen LogP contribution in [-0.4, -0.2) is 16.2 Å². The Kier molecular flexibility index (Phi) is 3.48. The Morgan fingerprint density at radius 2 is 1.73 bits per heavy atom. The molecule has 82 valence electrons. The summed E-state index contributed by atoms with van der Waals surface area (Å²) < 4.78 is 0. The van der Waals surface area contributed by atoms with Gasteiger partial charge in [0.25, 0.3) is 0 Å². The second-order valence-corrected chi connectivity index (χ2v) is 3.88. The van der Waals surface area contributed by atoms with Crippen molar-refractivity contribution >= 4 is 5.97 Å².